The molecule has 6 heteroatoms. The molecule has 0 aliphatic carbocycles. The highest BCUT2D eigenvalue weighted by Gasteiger charge is 2.25. The van der Waals surface area contributed by atoms with Crippen LogP contribution in [0.5, 0.6) is 0 Å². The van der Waals surface area contributed by atoms with Crippen LogP contribution in [0, 0.1) is 5.92 Å². The van der Waals surface area contributed by atoms with Crippen LogP contribution in [0.3, 0.4) is 0 Å². The highest BCUT2D eigenvalue weighted by molar-refractivity contribution is 7.80. The molecule has 0 radical (unpaired) electrons. The fraction of sp³-hybridized carbons (Fsp3) is 0.316. The second kappa shape index (κ2) is 7.72. The number of carbonyl (C=O) groups is 1. The maximum absolute atomic E-state index is 12.9. The Balaban J connectivity index is 1.87. The number of anilines is 2. The molecule has 1 aromatic carbocycles. The van der Waals surface area contributed by atoms with E-state index in [9.17, 15) is 4.79 Å². The number of aromatic nitrogens is 1. The van der Waals surface area contributed by atoms with Crippen LogP contribution >= 0.6 is 12.2 Å². The SMILES string of the molecule is CN1CCC(C(=O)c2cccc(N(C(N)=S)c3cccnc3)c2)CC1. The van der Waals surface area contributed by atoms with Gasteiger partial charge in [0.05, 0.1) is 11.9 Å². The van der Waals surface area contributed by atoms with Gasteiger partial charge in [0, 0.05) is 23.4 Å². The highest BCUT2D eigenvalue weighted by atomic mass is 32.1. The number of thiocarbonyl (C=S) groups is 1. The van der Waals surface area contributed by atoms with Crippen molar-refractivity contribution >= 4 is 34.5 Å². The van der Waals surface area contributed by atoms with Gasteiger partial charge in [-0.15, -0.1) is 0 Å². The van der Waals surface area contributed by atoms with Crippen LogP contribution in [0.1, 0.15) is 23.2 Å². The lowest BCUT2D eigenvalue weighted by atomic mass is 9.89. The summed E-state index contributed by atoms with van der Waals surface area (Å²) in [6.07, 6.45) is 5.20. The smallest absolute Gasteiger partial charge is 0.175 e. The zero-order valence-corrected chi connectivity index (χ0v) is 15.1. The quantitative estimate of drug-likeness (QED) is 0.673. The van der Waals surface area contributed by atoms with Crippen LogP contribution in [0.2, 0.25) is 0 Å². The minimum Gasteiger partial charge on any atom is -0.376 e. The minimum absolute atomic E-state index is 0.0862. The van der Waals surface area contributed by atoms with Crippen molar-refractivity contribution in [3.8, 4) is 0 Å². The van der Waals surface area contributed by atoms with Gasteiger partial charge >= 0.3 is 0 Å². The second-order valence-corrected chi connectivity index (χ2v) is 6.80. The third kappa shape index (κ3) is 4.03. The van der Waals surface area contributed by atoms with E-state index < -0.39 is 0 Å². The van der Waals surface area contributed by atoms with Crippen molar-refractivity contribution in [2.75, 3.05) is 25.0 Å². The van der Waals surface area contributed by atoms with Gasteiger partial charge in [0.25, 0.3) is 0 Å². The number of ketones is 1. The maximum atomic E-state index is 12.9. The van der Waals surface area contributed by atoms with Crippen molar-refractivity contribution < 1.29 is 4.79 Å². The lowest BCUT2D eigenvalue weighted by molar-refractivity contribution is 0.0857. The number of hydrogen-bond acceptors (Lipinski definition) is 4. The molecule has 1 aliphatic rings. The number of likely N-dealkylation sites (tertiary alicyclic amines) is 1. The van der Waals surface area contributed by atoms with Gasteiger partial charge in [0.2, 0.25) is 0 Å². The Morgan fingerprint density at radius 2 is 1.96 bits per heavy atom. The summed E-state index contributed by atoms with van der Waals surface area (Å²) in [5.41, 5.74) is 8.18. The summed E-state index contributed by atoms with van der Waals surface area (Å²) in [6.45, 7) is 1.93. The molecule has 0 unspecified atom stereocenters. The normalized spacial score (nSPS) is 15.7. The molecule has 1 aliphatic heterocycles. The lowest BCUT2D eigenvalue weighted by Gasteiger charge is -2.28. The predicted octanol–water partition coefficient (Wildman–Crippen LogP) is 2.99. The van der Waals surface area contributed by atoms with E-state index in [0.717, 1.165) is 37.3 Å². The van der Waals surface area contributed by atoms with Crippen LogP contribution in [0.25, 0.3) is 0 Å². The molecule has 0 amide bonds. The van der Waals surface area contributed by atoms with Crippen LogP contribution in [0.15, 0.2) is 48.8 Å². The topological polar surface area (TPSA) is 62.5 Å². The fourth-order valence-corrected chi connectivity index (χ4v) is 3.41. The summed E-state index contributed by atoms with van der Waals surface area (Å²) in [5, 5.41) is 0.219. The summed E-state index contributed by atoms with van der Waals surface area (Å²) in [5.74, 6) is 0.284. The summed E-state index contributed by atoms with van der Waals surface area (Å²) in [6, 6.07) is 11.2. The molecule has 5 nitrogen and oxygen atoms in total. The molecule has 0 bridgehead atoms. The molecular weight excluding hydrogens is 332 g/mol. The number of carbonyl (C=O) groups excluding carboxylic acids is 1. The van der Waals surface area contributed by atoms with Gasteiger partial charge in [-0.05, 0) is 69.5 Å². The second-order valence-electron chi connectivity index (χ2n) is 6.38. The highest BCUT2D eigenvalue weighted by Crippen LogP contribution is 2.27. The molecule has 1 aromatic heterocycles. The first-order valence-corrected chi connectivity index (χ1v) is 8.79. The molecule has 0 spiro atoms. The molecule has 3 rings (SSSR count). The van der Waals surface area contributed by atoms with Crippen LogP contribution in [-0.4, -0.2) is 40.9 Å². The summed E-state index contributed by atoms with van der Waals surface area (Å²) in [7, 11) is 2.09. The fourth-order valence-electron chi connectivity index (χ4n) is 3.19. The lowest BCUT2D eigenvalue weighted by Crippen LogP contribution is -2.34. The number of hydrogen-bond donors (Lipinski definition) is 1. The number of pyridine rings is 1. The van der Waals surface area contributed by atoms with Crippen molar-refractivity contribution in [3.05, 3.63) is 54.4 Å². The number of nitrogens with zero attached hydrogens (tertiary/aromatic N) is 3. The van der Waals surface area contributed by atoms with Crippen LogP contribution in [0.4, 0.5) is 11.4 Å². The summed E-state index contributed by atoms with van der Waals surface area (Å²) < 4.78 is 0. The third-order valence-electron chi connectivity index (χ3n) is 4.60. The number of piperidine rings is 1. The molecule has 0 saturated carbocycles. The summed E-state index contributed by atoms with van der Waals surface area (Å²) >= 11 is 5.21. The van der Waals surface area contributed by atoms with Gasteiger partial charge in [-0.1, -0.05) is 12.1 Å². The van der Waals surface area contributed by atoms with Gasteiger partial charge in [-0.2, -0.15) is 0 Å². The number of nitrogens with two attached hydrogens (primary N) is 1. The van der Waals surface area contributed by atoms with E-state index in [0.29, 0.717) is 5.56 Å². The van der Waals surface area contributed by atoms with Gasteiger partial charge < -0.3 is 10.6 Å². The molecule has 1 saturated heterocycles. The van der Waals surface area contributed by atoms with Gasteiger partial charge in [0.1, 0.15) is 0 Å². The van der Waals surface area contributed by atoms with E-state index in [4.69, 9.17) is 18.0 Å². The van der Waals surface area contributed by atoms with Crippen molar-refractivity contribution in [3.63, 3.8) is 0 Å². The molecule has 2 N–H and O–H groups in total. The van der Waals surface area contributed by atoms with Crippen LogP contribution < -0.4 is 10.6 Å². The molecular formula is C19H22N4OS. The Labute approximate surface area is 153 Å². The zero-order chi connectivity index (χ0) is 17.8. The first kappa shape index (κ1) is 17.5. The van der Waals surface area contributed by atoms with Crippen LogP contribution in [-0.2, 0) is 0 Å². The molecule has 1 fully saturated rings. The van der Waals surface area contributed by atoms with Crippen molar-refractivity contribution in [2.24, 2.45) is 11.7 Å². The number of rotatable bonds is 4. The Morgan fingerprint density at radius 1 is 1.24 bits per heavy atom. The van der Waals surface area contributed by atoms with Gasteiger partial charge in [-0.25, -0.2) is 0 Å². The Hall–Kier alpha value is -2.31. The predicted molar refractivity (Wildman–Crippen MR) is 104 cm³/mol. The average molecular weight is 354 g/mol. The number of Topliss-reactive ketones (excluding diaryl/α,β-unsaturated/α-hetero) is 1. The van der Waals surface area contributed by atoms with Gasteiger partial charge in [-0.3, -0.25) is 14.7 Å². The Morgan fingerprint density at radius 3 is 2.60 bits per heavy atom. The van der Waals surface area contributed by atoms with E-state index in [2.05, 4.69) is 16.9 Å². The first-order chi connectivity index (χ1) is 12.1. The zero-order valence-electron chi connectivity index (χ0n) is 14.3. The summed E-state index contributed by atoms with van der Waals surface area (Å²) in [4.78, 5) is 21.0. The number of benzene rings is 1. The largest absolute Gasteiger partial charge is 0.376 e. The molecule has 0 atom stereocenters. The minimum atomic E-state index is 0.0862. The van der Waals surface area contributed by atoms with E-state index in [1.54, 1.807) is 17.3 Å². The molecule has 130 valence electrons. The average Bonchev–Trinajstić information content (AvgIpc) is 2.63. The molecule has 2 aromatic rings. The van der Waals surface area contributed by atoms with E-state index >= 15 is 0 Å². The first-order valence-electron chi connectivity index (χ1n) is 8.38. The maximum Gasteiger partial charge on any atom is 0.175 e. The Kier molecular flexibility index (Phi) is 5.40. The monoisotopic (exact) mass is 354 g/mol. The van der Waals surface area contributed by atoms with E-state index in [1.165, 1.54) is 0 Å². The van der Waals surface area contributed by atoms with Crippen molar-refractivity contribution in [1.29, 1.82) is 0 Å². The van der Waals surface area contributed by atoms with Gasteiger partial charge in [0.15, 0.2) is 10.9 Å². The molecule has 2 heterocycles. The molecule has 25 heavy (non-hydrogen) atoms. The van der Waals surface area contributed by atoms with Crippen molar-refractivity contribution in [1.82, 2.24) is 9.88 Å². The Bertz CT molecular complexity index is 757. The van der Waals surface area contributed by atoms with E-state index in [-0.39, 0.29) is 16.8 Å². The van der Waals surface area contributed by atoms with Crippen molar-refractivity contribution in [2.45, 2.75) is 12.8 Å². The standard InChI is InChI=1S/C19H22N4OS/c1-22-10-7-14(8-11-22)18(24)15-4-2-5-16(12-15)23(19(20)25)17-6-3-9-21-13-17/h2-6,9,12-14H,7-8,10-11H2,1H3,(H2,20,25). The third-order valence-corrected chi connectivity index (χ3v) is 4.79. The van der Waals surface area contributed by atoms with E-state index in [1.807, 2.05) is 36.4 Å².